The lowest BCUT2D eigenvalue weighted by molar-refractivity contribution is -0.138. The van der Waals surface area contributed by atoms with Gasteiger partial charge in [0.15, 0.2) is 11.5 Å². The molecule has 65 heavy (non-hydrogen) atoms. The number of carbonyl (C=O) groups excluding carboxylic acids is 5. The summed E-state index contributed by atoms with van der Waals surface area (Å²) in [7, 11) is 3.17. The highest BCUT2D eigenvalue weighted by molar-refractivity contribution is 6.23. The van der Waals surface area contributed by atoms with Crippen LogP contribution in [-0.2, 0) is 20.6 Å². The number of nitrogens with two attached hydrogens (primary N) is 1. The normalized spacial score (nSPS) is 19.7. The van der Waals surface area contributed by atoms with Crippen molar-refractivity contribution in [2.45, 2.75) is 83.1 Å². The summed E-state index contributed by atoms with van der Waals surface area (Å²) >= 11 is 0. The topological polar surface area (TPSA) is 210 Å². The maximum absolute atomic E-state index is 13.6. The fraction of sp³-hybridized carbons (Fsp3) is 0.457. The number of aryl methyl sites for hydroxylation is 1. The number of anilines is 3. The highest BCUT2D eigenvalue weighted by atomic mass is 19.4. The molecule has 2 unspecified atom stereocenters. The zero-order valence-electron chi connectivity index (χ0n) is 36.6. The smallest absolute Gasteiger partial charge is 0.416 e. The summed E-state index contributed by atoms with van der Waals surface area (Å²) in [5.41, 5.74) is 6.74. The van der Waals surface area contributed by atoms with Crippen molar-refractivity contribution in [3.05, 3.63) is 76.6 Å². The van der Waals surface area contributed by atoms with E-state index in [1.54, 1.807) is 51.2 Å². The van der Waals surface area contributed by atoms with E-state index in [9.17, 15) is 37.1 Å². The number of nitrogens with zero attached hydrogens (tertiary/aromatic N) is 4. The average molecular weight is 900 g/mol. The number of aromatic nitrogens is 2. The number of nitrogens with one attached hydrogen (secondary N) is 4. The van der Waals surface area contributed by atoms with Gasteiger partial charge in [0.05, 0.1) is 48.0 Å². The molecule has 19 heteroatoms. The molecule has 4 heterocycles. The molecule has 1 saturated carbocycles. The Kier molecular flexibility index (Phi) is 12.4. The number of fused-ring (bicyclic) bond motifs is 2. The fourth-order valence-corrected chi connectivity index (χ4v) is 9.11. The first kappa shape index (κ1) is 45.1. The number of amides is 5. The minimum atomic E-state index is -4.56. The van der Waals surface area contributed by atoms with Crippen molar-refractivity contribution in [2.75, 3.05) is 56.8 Å². The van der Waals surface area contributed by atoms with E-state index < -0.39 is 47.5 Å². The first-order valence-electron chi connectivity index (χ1n) is 21.7. The second-order valence-corrected chi connectivity index (χ2v) is 17.6. The fourth-order valence-electron chi connectivity index (χ4n) is 9.11. The zero-order chi connectivity index (χ0) is 46.4. The van der Waals surface area contributed by atoms with Gasteiger partial charge >= 0.3 is 6.18 Å². The minimum absolute atomic E-state index is 0.00462. The number of ether oxygens (including phenoxy) is 2. The Hall–Kier alpha value is -6.50. The molecule has 8 rings (SSSR count). The van der Waals surface area contributed by atoms with Crippen LogP contribution in [0.4, 0.5) is 30.4 Å². The maximum atomic E-state index is 13.6. The molecule has 6 N–H and O–H groups in total. The molecule has 4 aromatic rings. The summed E-state index contributed by atoms with van der Waals surface area (Å²) in [6, 6.07) is 9.92. The Balaban J connectivity index is 0.894. The van der Waals surface area contributed by atoms with E-state index in [2.05, 4.69) is 36.1 Å². The van der Waals surface area contributed by atoms with Gasteiger partial charge in [-0.1, -0.05) is 0 Å². The van der Waals surface area contributed by atoms with E-state index in [1.807, 2.05) is 0 Å². The molecule has 3 aliphatic heterocycles. The summed E-state index contributed by atoms with van der Waals surface area (Å²) in [4.78, 5) is 76.4. The number of hydrogen-bond acceptors (Lipinski definition) is 13. The summed E-state index contributed by atoms with van der Waals surface area (Å²) in [6.07, 6.45) is -0.475. The summed E-state index contributed by atoms with van der Waals surface area (Å²) in [6.45, 7) is 5.77. The van der Waals surface area contributed by atoms with E-state index in [0.29, 0.717) is 78.0 Å². The van der Waals surface area contributed by atoms with Crippen LogP contribution in [0.15, 0.2) is 48.5 Å². The maximum Gasteiger partial charge on any atom is 0.416 e. The highest BCUT2D eigenvalue weighted by Crippen LogP contribution is 2.51. The van der Waals surface area contributed by atoms with Crippen LogP contribution in [0, 0.1) is 18.3 Å². The summed E-state index contributed by atoms with van der Waals surface area (Å²) < 4.78 is 53.1. The molecule has 0 bridgehead atoms. The molecular formula is C46H52F3N9O7. The number of hydrogen-bond donors (Lipinski definition) is 5. The quantitative estimate of drug-likeness (QED) is 0.0727. The van der Waals surface area contributed by atoms with Crippen molar-refractivity contribution >= 4 is 57.6 Å². The van der Waals surface area contributed by atoms with Crippen LogP contribution in [-0.4, -0.2) is 102 Å². The van der Waals surface area contributed by atoms with Gasteiger partial charge in [0.25, 0.3) is 11.8 Å². The van der Waals surface area contributed by atoms with Gasteiger partial charge in [0.2, 0.25) is 17.7 Å². The van der Waals surface area contributed by atoms with Crippen LogP contribution in [0.2, 0.25) is 0 Å². The Morgan fingerprint density at radius 1 is 0.985 bits per heavy atom. The molecule has 2 saturated heterocycles. The van der Waals surface area contributed by atoms with Crippen molar-refractivity contribution in [1.82, 2.24) is 30.4 Å². The number of halogens is 3. The number of carbonyl (C=O) groups is 5. The molecule has 3 atom stereocenters. The molecular weight excluding hydrogens is 848 g/mol. The number of likely N-dealkylation sites (tertiary alicyclic amines) is 1. The molecule has 0 spiro atoms. The Bertz CT molecular complexity index is 2560. The minimum Gasteiger partial charge on any atom is -0.493 e. The van der Waals surface area contributed by atoms with Crippen molar-refractivity contribution in [3.8, 4) is 11.5 Å². The number of alkyl halides is 3. The third kappa shape index (κ3) is 9.51. The molecule has 1 aliphatic carbocycles. The number of imide groups is 2. The molecule has 5 amide bonds. The zero-order valence-corrected chi connectivity index (χ0v) is 36.6. The first-order valence-corrected chi connectivity index (χ1v) is 21.7. The number of likely N-dealkylation sites (N-methyl/N-ethyl adjacent to an activating group) is 1. The number of benzene rings is 3. The van der Waals surface area contributed by atoms with Gasteiger partial charge in [-0.25, -0.2) is 9.97 Å². The second-order valence-electron chi connectivity index (χ2n) is 17.6. The van der Waals surface area contributed by atoms with Crippen molar-refractivity contribution in [2.24, 2.45) is 11.3 Å². The van der Waals surface area contributed by atoms with Crippen LogP contribution in [0.5, 0.6) is 11.5 Å². The molecule has 3 fully saturated rings. The third-order valence-corrected chi connectivity index (χ3v) is 13.0. The van der Waals surface area contributed by atoms with Gasteiger partial charge < -0.3 is 31.2 Å². The largest absolute Gasteiger partial charge is 0.493 e. The molecule has 16 nitrogen and oxygen atoms in total. The third-order valence-electron chi connectivity index (χ3n) is 13.0. The summed E-state index contributed by atoms with van der Waals surface area (Å²) in [5, 5.41) is 12.3. The van der Waals surface area contributed by atoms with E-state index in [4.69, 9.17) is 15.2 Å². The molecule has 1 aromatic heterocycles. The first-order chi connectivity index (χ1) is 30.9. The lowest BCUT2D eigenvalue weighted by Crippen LogP contribution is -2.54. The number of rotatable bonds is 15. The predicted molar refractivity (Wildman–Crippen MR) is 234 cm³/mol. The van der Waals surface area contributed by atoms with Crippen LogP contribution in [0.1, 0.15) is 95.6 Å². The van der Waals surface area contributed by atoms with E-state index in [1.165, 1.54) is 13.2 Å². The summed E-state index contributed by atoms with van der Waals surface area (Å²) in [5.74, 6) is -0.256. The molecule has 344 valence electrons. The Morgan fingerprint density at radius 3 is 2.40 bits per heavy atom. The average Bonchev–Trinajstić information content (AvgIpc) is 4.00. The number of piperidine rings is 2. The van der Waals surface area contributed by atoms with Crippen LogP contribution >= 0.6 is 0 Å². The molecule has 3 aromatic carbocycles. The lowest BCUT2D eigenvalue weighted by atomic mass is 9.91. The van der Waals surface area contributed by atoms with Crippen LogP contribution in [0.25, 0.3) is 10.9 Å². The monoisotopic (exact) mass is 899 g/mol. The van der Waals surface area contributed by atoms with Crippen LogP contribution in [0.3, 0.4) is 0 Å². The van der Waals surface area contributed by atoms with E-state index in [-0.39, 0.29) is 52.9 Å². The van der Waals surface area contributed by atoms with Gasteiger partial charge in [0, 0.05) is 48.3 Å². The predicted octanol–water partition coefficient (Wildman–Crippen LogP) is 5.61. The number of nitrogen functional groups attached to an aromatic ring is 1. The van der Waals surface area contributed by atoms with Gasteiger partial charge in [-0.3, -0.25) is 39.1 Å². The Morgan fingerprint density at radius 2 is 1.72 bits per heavy atom. The van der Waals surface area contributed by atoms with Crippen molar-refractivity contribution in [3.63, 3.8) is 0 Å². The van der Waals surface area contributed by atoms with Gasteiger partial charge in [0.1, 0.15) is 17.7 Å². The van der Waals surface area contributed by atoms with Gasteiger partial charge in [-0.05, 0) is 119 Å². The highest BCUT2D eigenvalue weighted by Gasteiger charge is 2.48. The van der Waals surface area contributed by atoms with Crippen molar-refractivity contribution in [1.29, 1.82) is 0 Å². The SMILES string of the molecule is CNC(=O)C(CC1(COc2cc3c(N[C@H](C)c4cc(N)cc(C(F)(F)F)c4)nc(C)nc3cc2OC)CC1)N1CCC(CNc2ccc3c(c2)C(=O)N(C2CCC(=O)NC2=O)C3=O)CC1. The standard InChI is InChI=1S/C46H52F3N9O7/c1-24(27-15-28(46(47,48)49)17-29(50)16-27)53-40-33-19-38(37(64-4)20-34(33)54-25(2)55-40)65-23-45(11-12-45)21-36(41(60)51-3)57-13-9-26(10-14-57)22-52-30-5-6-31-32(18-30)44(63)58(43(31)62)35-7-8-39(59)56-42(35)61/h5-6,15-20,24,26,35-36,52H,7-14,21-23,50H2,1-4H3,(H,51,60)(H,53,54,55)(H,56,59,61)/t24-,35?,36?/m1/s1. The van der Waals surface area contributed by atoms with Gasteiger partial charge in [-0.2, -0.15) is 13.2 Å². The number of methoxy groups -OCH3 is 1. The molecule has 0 radical (unpaired) electrons. The van der Waals surface area contributed by atoms with E-state index in [0.717, 1.165) is 42.7 Å². The second kappa shape index (κ2) is 17.8. The van der Waals surface area contributed by atoms with Crippen molar-refractivity contribution < 1.29 is 46.6 Å². The lowest BCUT2D eigenvalue weighted by Gasteiger charge is -2.38. The van der Waals surface area contributed by atoms with E-state index >= 15 is 0 Å². The molecule has 4 aliphatic rings. The van der Waals surface area contributed by atoms with Crippen LogP contribution < -0.4 is 36.5 Å². The Labute approximate surface area is 373 Å². The van der Waals surface area contributed by atoms with Gasteiger partial charge in [-0.15, -0.1) is 0 Å².